The molecule has 1 aliphatic carbocycles. The molecule has 1 spiro atoms. The molecular weight excluding hydrogens is 222 g/mol. The van der Waals surface area contributed by atoms with Crippen LogP contribution in [0.2, 0.25) is 0 Å². The van der Waals surface area contributed by atoms with Gasteiger partial charge in [0.15, 0.2) is 0 Å². The van der Waals surface area contributed by atoms with E-state index in [1.54, 1.807) is 4.90 Å². The lowest BCUT2D eigenvalue weighted by Gasteiger charge is -2.42. The first-order valence-electron chi connectivity index (χ1n) is 6.18. The maximum absolute atomic E-state index is 11.8. The fraction of sp³-hybridized carbons (Fsp3) is 0.833. The van der Waals surface area contributed by atoms with Gasteiger partial charge in [0.25, 0.3) is 0 Å². The van der Waals surface area contributed by atoms with Gasteiger partial charge in [-0.1, -0.05) is 6.42 Å². The third kappa shape index (κ3) is 2.29. The van der Waals surface area contributed by atoms with E-state index in [0.717, 1.165) is 12.8 Å². The van der Waals surface area contributed by atoms with Crippen LogP contribution in [0, 0.1) is 11.3 Å². The summed E-state index contributed by atoms with van der Waals surface area (Å²) in [5, 5.41) is 17.9. The number of nitrogens with zero attached hydrogens (tertiary/aromatic N) is 1. The first-order chi connectivity index (χ1) is 8.07. The smallest absolute Gasteiger partial charge is 0.303 e. The number of carboxylic acid groups (broad SMARTS) is 1. The molecule has 96 valence electrons. The van der Waals surface area contributed by atoms with Crippen LogP contribution < -0.4 is 0 Å². The molecule has 5 nitrogen and oxygen atoms in total. The van der Waals surface area contributed by atoms with Crippen molar-refractivity contribution in [2.45, 2.75) is 32.1 Å². The Kier molecular flexibility index (Phi) is 3.38. The van der Waals surface area contributed by atoms with Crippen molar-refractivity contribution in [2.75, 3.05) is 19.7 Å². The second-order valence-electron chi connectivity index (χ2n) is 5.26. The zero-order valence-electron chi connectivity index (χ0n) is 9.89. The molecule has 5 heteroatoms. The van der Waals surface area contributed by atoms with Crippen LogP contribution in [0.15, 0.2) is 0 Å². The first-order valence-corrected chi connectivity index (χ1v) is 6.18. The fourth-order valence-electron chi connectivity index (χ4n) is 3.04. The zero-order valence-corrected chi connectivity index (χ0v) is 9.89. The topological polar surface area (TPSA) is 77.8 Å². The van der Waals surface area contributed by atoms with Gasteiger partial charge >= 0.3 is 5.97 Å². The molecule has 17 heavy (non-hydrogen) atoms. The van der Waals surface area contributed by atoms with E-state index in [1.807, 2.05) is 0 Å². The SMILES string of the molecule is O=C(O)CCC(=O)N1CC(CO)C2(CCC2)C1. The van der Waals surface area contributed by atoms with E-state index >= 15 is 0 Å². The molecule has 1 unspecified atom stereocenters. The average molecular weight is 241 g/mol. The van der Waals surface area contributed by atoms with Gasteiger partial charge in [-0.15, -0.1) is 0 Å². The number of carbonyl (C=O) groups is 2. The summed E-state index contributed by atoms with van der Waals surface area (Å²) >= 11 is 0. The van der Waals surface area contributed by atoms with E-state index in [-0.39, 0.29) is 36.7 Å². The number of aliphatic hydroxyl groups is 1. The summed E-state index contributed by atoms with van der Waals surface area (Å²) in [5.74, 6) is -0.839. The third-order valence-corrected chi connectivity index (χ3v) is 4.29. The normalized spacial score (nSPS) is 25.9. The van der Waals surface area contributed by atoms with Crippen molar-refractivity contribution in [3.63, 3.8) is 0 Å². The lowest BCUT2D eigenvalue weighted by Crippen LogP contribution is -2.39. The largest absolute Gasteiger partial charge is 0.481 e. The van der Waals surface area contributed by atoms with E-state index in [9.17, 15) is 14.7 Å². The summed E-state index contributed by atoms with van der Waals surface area (Å²) in [6, 6.07) is 0. The van der Waals surface area contributed by atoms with Crippen molar-refractivity contribution < 1.29 is 19.8 Å². The second kappa shape index (κ2) is 4.64. The predicted molar refractivity (Wildman–Crippen MR) is 60.3 cm³/mol. The fourth-order valence-corrected chi connectivity index (χ4v) is 3.04. The zero-order chi connectivity index (χ0) is 12.5. The highest BCUT2D eigenvalue weighted by atomic mass is 16.4. The van der Waals surface area contributed by atoms with Gasteiger partial charge in [-0.2, -0.15) is 0 Å². The standard InChI is InChI=1S/C12H19NO4/c14-7-9-6-13(8-12(9)4-1-5-12)10(15)2-3-11(16)17/h9,14H,1-8H2,(H,16,17). The van der Waals surface area contributed by atoms with Gasteiger partial charge in [0.1, 0.15) is 0 Å². The molecule has 2 fully saturated rings. The van der Waals surface area contributed by atoms with E-state index in [0.29, 0.717) is 13.1 Å². The number of carbonyl (C=O) groups excluding carboxylic acids is 1. The van der Waals surface area contributed by atoms with Crippen molar-refractivity contribution in [1.29, 1.82) is 0 Å². The minimum Gasteiger partial charge on any atom is -0.481 e. The summed E-state index contributed by atoms with van der Waals surface area (Å²) in [7, 11) is 0. The molecule has 1 saturated carbocycles. The van der Waals surface area contributed by atoms with Crippen molar-refractivity contribution in [3.8, 4) is 0 Å². The van der Waals surface area contributed by atoms with Crippen molar-refractivity contribution >= 4 is 11.9 Å². The van der Waals surface area contributed by atoms with Crippen LogP contribution in [0.5, 0.6) is 0 Å². The molecule has 0 aromatic rings. The van der Waals surface area contributed by atoms with Gasteiger partial charge in [0.05, 0.1) is 6.42 Å². The molecule has 1 atom stereocenters. The predicted octanol–water partition coefficient (Wildman–Crippen LogP) is 0.472. The number of carboxylic acids is 1. The molecule has 2 aliphatic rings. The van der Waals surface area contributed by atoms with Crippen molar-refractivity contribution in [3.05, 3.63) is 0 Å². The molecule has 2 rings (SSSR count). The van der Waals surface area contributed by atoms with Gasteiger partial charge in [-0.25, -0.2) is 0 Å². The van der Waals surface area contributed by atoms with E-state index in [1.165, 1.54) is 6.42 Å². The number of amides is 1. The molecule has 0 aromatic heterocycles. The quantitative estimate of drug-likeness (QED) is 0.750. The number of hydrogen-bond donors (Lipinski definition) is 2. The van der Waals surface area contributed by atoms with Crippen molar-refractivity contribution in [1.82, 2.24) is 4.90 Å². The Labute approximate surface area is 100 Å². The highest BCUT2D eigenvalue weighted by molar-refractivity contribution is 5.81. The monoisotopic (exact) mass is 241 g/mol. The Morgan fingerprint density at radius 3 is 2.41 bits per heavy atom. The summed E-state index contributed by atoms with van der Waals surface area (Å²) in [6.07, 6.45) is 3.31. The van der Waals surface area contributed by atoms with Gasteiger partial charge in [-0.05, 0) is 18.3 Å². The molecule has 1 saturated heterocycles. The minimum absolute atomic E-state index is 0.0730. The Hall–Kier alpha value is -1.10. The Balaban J connectivity index is 1.91. The number of aliphatic carboxylic acids is 1. The van der Waals surface area contributed by atoms with Crippen LogP contribution in [0.3, 0.4) is 0 Å². The van der Waals surface area contributed by atoms with Gasteiger partial charge in [-0.3, -0.25) is 9.59 Å². The van der Waals surface area contributed by atoms with Crippen molar-refractivity contribution in [2.24, 2.45) is 11.3 Å². The lowest BCUT2D eigenvalue weighted by atomic mass is 9.63. The minimum atomic E-state index is -0.936. The van der Waals surface area contributed by atoms with Crippen LogP contribution >= 0.6 is 0 Å². The maximum Gasteiger partial charge on any atom is 0.303 e. The van der Waals surface area contributed by atoms with Gasteiger partial charge in [0, 0.05) is 32.0 Å². The molecule has 2 N–H and O–H groups in total. The molecule has 1 aliphatic heterocycles. The molecule has 1 heterocycles. The van der Waals surface area contributed by atoms with Crippen LogP contribution in [0.4, 0.5) is 0 Å². The molecule has 0 radical (unpaired) electrons. The lowest BCUT2D eigenvalue weighted by molar-refractivity contribution is -0.140. The van der Waals surface area contributed by atoms with Gasteiger partial charge < -0.3 is 15.1 Å². The summed E-state index contributed by atoms with van der Waals surface area (Å²) < 4.78 is 0. The molecule has 1 amide bonds. The summed E-state index contributed by atoms with van der Waals surface area (Å²) in [4.78, 5) is 24.0. The number of hydrogen-bond acceptors (Lipinski definition) is 3. The number of likely N-dealkylation sites (tertiary alicyclic amines) is 1. The van der Waals surface area contributed by atoms with Crippen LogP contribution in [-0.4, -0.2) is 46.7 Å². The maximum atomic E-state index is 11.8. The highest BCUT2D eigenvalue weighted by Crippen LogP contribution is 2.51. The molecule has 0 bridgehead atoms. The third-order valence-electron chi connectivity index (χ3n) is 4.29. The van der Waals surface area contributed by atoms with E-state index < -0.39 is 5.97 Å². The Bertz CT molecular complexity index is 324. The number of aliphatic hydroxyl groups excluding tert-OH is 1. The van der Waals surface area contributed by atoms with Crippen LogP contribution in [-0.2, 0) is 9.59 Å². The van der Waals surface area contributed by atoms with Crippen LogP contribution in [0.25, 0.3) is 0 Å². The number of rotatable bonds is 4. The second-order valence-corrected chi connectivity index (χ2v) is 5.26. The van der Waals surface area contributed by atoms with Gasteiger partial charge in [0.2, 0.25) is 5.91 Å². The molecular formula is C12H19NO4. The van der Waals surface area contributed by atoms with E-state index in [4.69, 9.17) is 5.11 Å². The Morgan fingerprint density at radius 2 is 2.00 bits per heavy atom. The highest BCUT2D eigenvalue weighted by Gasteiger charge is 2.50. The summed E-state index contributed by atoms with van der Waals surface area (Å²) in [5.41, 5.74) is 0.133. The van der Waals surface area contributed by atoms with Crippen LogP contribution in [0.1, 0.15) is 32.1 Å². The average Bonchev–Trinajstić information content (AvgIpc) is 2.64. The first kappa shape index (κ1) is 12.4. The summed E-state index contributed by atoms with van der Waals surface area (Å²) in [6.45, 7) is 1.42. The Morgan fingerprint density at radius 1 is 1.29 bits per heavy atom. The van der Waals surface area contributed by atoms with E-state index in [2.05, 4.69) is 0 Å². The molecule has 0 aromatic carbocycles.